The minimum atomic E-state index is -3.85. The van der Waals surface area contributed by atoms with E-state index in [1.807, 2.05) is 0 Å². The molecule has 0 heterocycles. The van der Waals surface area contributed by atoms with Crippen molar-refractivity contribution in [3.63, 3.8) is 0 Å². The smallest absolute Gasteiger partial charge is 0.209 e. The molecule has 0 aliphatic carbocycles. The lowest BCUT2D eigenvalue weighted by molar-refractivity contribution is 0.596. The maximum Gasteiger partial charge on any atom is 0.209 e. The number of sulfone groups is 1. The Morgan fingerprint density at radius 2 is 1.37 bits per heavy atom. The van der Waals surface area contributed by atoms with Crippen LogP contribution in [0.2, 0.25) is 20.1 Å². The van der Waals surface area contributed by atoms with Crippen molar-refractivity contribution in [2.24, 2.45) is 0 Å². The Kier molecular flexibility index (Phi) is 4.33. The van der Waals surface area contributed by atoms with Gasteiger partial charge in [0.15, 0.2) is 0 Å². The fourth-order valence-corrected chi connectivity index (χ4v) is 4.63. The van der Waals surface area contributed by atoms with Crippen molar-refractivity contribution in [3.05, 3.63) is 56.5 Å². The minimum absolute atomic E-state index is 0.0196. The molecule has 0 saturated carbocycles. The molecule has 7 heteroatoms. The van der Waals surface area contributed by atoms with E-state index < -0.39 is 9.84 Å². The van der Waals surface area contributed by atoms with Gasteiger partial charge in [-0.2, -0.15) is 0 Å². The summed E-state index contributed by atoms with van der Waals surface area (Å²) < 4.78 is 24.9. The van der Waals surface area contributed by atoms with Gasteiger partial charge in [-0.3, -0.25) is 0 Å². The van der Waals surface area contributed by atoms with Gasteiger partial charge in [0.05, 0.1) is 14.9 Å². The highest BCUT2D eigenvalue weighted by Gasteiger charge is 2.24. The molecule has 0 bridgehead atoms. The van der Waals surface area contributed by atoms with Crippen LogP contribution in [0.25, 0.3) is 0 Å². The van der Waals surface area contributed by atoms with E-state index in [1.165, 1.54) is 30.3 Å². The first-order chi connectivity index (χ1) is 8.82. The average Bonchev–Trinajstić information content (AvgIpc) is 2.26. The van der Waals surface area contributed by atoms with Crippen molar-refractivity contribution in [3.8, 4) is 0 Å². The number of hydrogen-bond donors (Lipinski definition) is 0. The quantitative estimate of drug-likeness (QED) is 0.747. The first kappa shape index (κ1) is 14.9. The molecule has 0 aromatic heterocycles. The molecule has 0 fully saturated rings. The van der Waals surface area contributed by atoms with Gasteiger partial charge in [-0.05, 0) is 30.3 Å². The van der Waals surface area contributed by atoms with Crippen LogP contribution in [0.3, 0.4) is 0 Å². The lowest BCUT2D eigenvalue weighted by atomic mass is 10.3. The third-order valence-electron chi connectivity index (χ3n) is 2.34. The van der Waals surface area contributed by atoms with E-state index in [2.05, 4.69) is 0 Å². The lowest BCUT2D eigenvalue weighted by Crippen LogP contribution is -2.03. The Morgan fingerprint density at radius 1 is 0.789 bits per heavy atom. The molecule has 100 valence electrons. The van der Waals surface area contributed by atoms with Crippen LogP contribution in [-0.4, -0.2) is 8.42 Å². The molecule has 2 nitrogen and oxygen atoms in total. The van der Waals surface area contributed by atoms with Gasteiger partial charge in [-0.25, -0.2) is 8.42 Å². The number of hydrogen-bond acceptors (Lipinski definition) is 2. The van der Waals surface area contributed by atoms with Crippen LogP contribution < -0.4 is 0 Å². The SMILES string of the molecule is O=S(=O)(c1cccc(Cl)c1)c1c(Cl)cc(Cl)cc1Cl. The molecule has 0 amide bonds. The molecule has 0 aliphatic rings. The van der Waals surface area contributed by atoms with Crippen molar-refractivity contribution in [2.45, 2.75) is 9.79 Å². The van der Waals surface area contributed by atoms with Crippen molar-refractivity contribution in [1.29, 1.82) is 0 Å². The molecule has 0 N–H and O–H groups in total. The molecule has 19 heavy (non-hydrogen) atoms. The Morgan fingerprint density at radius 3 is 1.89 bits per heavy atom. The summed E-state index contributed by atoms with van der Waals surface area (Å²) in [6.07, 6.45) is 0. The molecule has 0 radical (unpaired) electrons. The summed E-state index contributed by atoms with van der Waals surface area (Å²) in [6, 6.07) is 8.51. The van der Waals surface area contributed by atoms with E-state index in [0.717, 1.165) is 0 Å². The summed E-state index contributed by atoms with van der Waals surface area (Å²) in [5, 5.41) is 0.511. The van der Waals surface area contributed by atoms with E-state index in [1.54, 1.807) is 6.07 Å². The van der Waals surface area contributed by atoms with E-state index >= 15 is 0 Å². The Labute approximate surface area is 130 Å². The van der Waals surface area contributed by atoms with Crippen molar-refractivity contribution in [1.82, 2.24) is 0 Å². The lowest BCUT2D eigenvalue weighted by Gasteiger charge is -2.09. The molecule has 0 spiro atoms. The zero-order valence-corrected chi connectivity index (χ0v) is 13.0. The van der Waals surface area contributed by atoms with Gasteiger partial charge >= 0.3 is 0 Å². The standard InChI is InChI=1S/C12H6Cl4O2S/c13-7-2-1-3-9(4-7)19(17,18)12-10(15)5-8(14)6-11(12)16/h1-6H. The Hall–Kier alpha value is -0.450. The normalized spacial score (nSPS) is 11.6. The van der Waals surface area contributed by atoms with Gasteiger partial charge in [0.2, 0.25) is 9.84 Å². The van der Waals surface area contributed by atoms with E-state index in [9.17, 15) is 8.42 Å². The van der Waals surface area contributed by atoms with Gasteiger partial charge < -0.3 is 0 Å². The molecule has 2 aromatic carbocycles. The second-order valence-corrected chi connectivity index (χ2v) is 7.23. The van der Waals surface area contributed by atoms with Crippen molar-refractivity contribution < 1.29 is 8.42 Å². The zero-order chi connectivity index (χ0) is 14.2. The van der Waals surface area contributed by atoms with E-state index in [-0.39, 0.29) is 24.9 Å². The van der Waals surface area contributed by atoms with Crippen LogP contribution in [0.15, 0.2) is 46.2 Å². The maximum absolute atomic E-state index is 12.5. The van der Waals surface area contributed by atoms with Crippen LogP contribution in [0.5, 0.6) is 0 Å². The molecular weight excluding hydrogens is 350 g/mol. The predicted octanol–water partition coefficient (Wildman–Crippen LogP) is 5.13. The van der Waals surface area contributed by atoms with Crippen LogP contribution in [0, 0.1) is 0 Å². The number of rotatable bonds is 2. The highest BCUT2D eigenvalue weighted by Crippen LogP contribution is 2.36. The van der Waals surface area contributed by atoms with Gasteiger partial charge in [0.1, 0.15) is 4.90 Å². The fraction of sp³-hybridized carbons (Fsp3) is 0. The maximum atomic E-state index is 12.5. The summed E-state index contributed by atoms with van der Waals surface area (Å²) >= 11 is 23.4. The first-order valence-electron chi connectivity index (χ1n) is 4.97. The van der Waals surface area contributed by atoms with Crippen LogP contribution in [0.4, 0.5) is 0 Å². The molecule has 0 saturated heterocycles. The second kappa shape index (κ2) is 5.51. The molecule has 0 atom stereocenters. The molecule has 2 aromatic rings. The molecule has 2 rings (SSSR count). The molecule has 0 aliphatic heterocycles. The summed E-state index contributed by atoms with van der Waals surface area (Å²) in [5.74, 6) is 0. The first-order valence-corrected chi connectivity index (χ1v) is 7.97. The van der Waals surface area contributed by atoms with Gasteiger partial charge in [-0.15, -0.1) is 0 Å². The van der Waals surface area contributed by atoms with Crippen molar-refractivity contribution in [2.75, 3.05) is 0 Å². The van der Waals surface area contributed by atoms with E-state index in [4.69, 9.17) is 46.4 Å². The Balaban J connectivity index is 2.71. The third kappa shape index (κ3) is 3.01. The Bertz CT molecular complexity index is 718. The summed E-state index contributed by atoms with van der Waals surface area (Å²) in [6.45, 7) is 0. The molecular formula is C12H6Cl4O2S. The summed E-state index contributed by atoms with van der Waals surface area (Å²) in [7, 11) is -3.85. The summed E-state index contributed by atoms with van der Waals surface area (Å²) in [5.41, 5.74) is 0. The highest BCUT2D eigenvalue weighted by molar-refractivity contribution is 7.91. The summed E-state index contributed by atoms with van der Waals surface area (Å²) in [4.78, 5) is -0.159. The minimum Gasteiger partial charge on any atom is -0.218 e. The van der Waals surface area contributed by atoms with Crippen LogP contribution in [0.1, 0.15) is 0 Å². The third-order valence-corrected chi connectivity index (χ3v) is 5.46. The largest absolute Gasteiger partial charge is 0.218 e. The van der Waals surface area contributed by atoms with Gasteiger partial charge in [-0.1, -0.05) is 52.5 Å². The zero-order valence-electron chi connectivity index (χ0n) is 9.20. The fourth-order valence-electron chi connectivity index (χ4n) is 1.54. The average molecular weight is 356 g/mol. The number of benzene rings is 2. The van der Waals surface area contributed by atoms with Crippen molar-refractivity contribution >= 4 is 56.2 Å². The van der Waals surface area contributed by atoms with E-state index in [0.29, 0.717) is 5.02 Å². The molecule has 0 unspecified atom stereocenters. The van der Waals surface area contributed by atoms with Gasteiger partial charge in [0.25, 0.3) is 0 Å². The van der Waals surface area contributed by atoms with Crippen LogP contribution >= 0.6 is 46.4 Å². The predicted molar refractivity (Wildman–Crippen MR) is 78.4 cm³/mol. The topological polar surface area (TPSA) is 34.1 Å². The second-order valence-electron chi connectivity index (χ2n) is 3.66. The van der Waals surface area contributed by atoms with Crippen LogP contribution in [-0.2, 0) is 9.84 Å². The van der Waals surface area contributed by atoms with Gasteiger partial charge in [0, 0.05) is 10.0 Å². The number of halogens is 4. The highest BCUT2D eigenvalue weighted by atomic mass is 35.5. The monoisotopic (exact) mass is 354 g/mol.